The maximum absolute atomic E-state index is 11.6. The van der Waals surface area contributed by atoms with Crippen molar-refractivity contribution in [1.29, 1.82) is 0 Å². The van der Waals surface area contributed by atoms with Crippen LogP contribution in [0.3, 0.4) is 0 Å². The third-order valence-corrected chi connectivity index (χ3v) is 7.94. The number of anilines is 1. The van der Waals surface area contributed by atoms with Crippen LogP contribution in [-0.2, 0) is 14.8 Å². The summed E-state index contributed by atoms with van der Waals surface area (Å²) in [6, 6.07) is 15.0. The fourth-order valence-electron chi connectivity index (χ4n) is 4.16. The topological polar surface area (TPSA) is 85.5 Å². The standard InChI is InChI=1S/C21H20ClN3O3S2/c22-15-5-1-13(2-6-15)19-20(14-3-9-18(10-4-14)30(23,26)27)29-21(24-19)25-16-7-8-17(25)12-28-11-16/h1-6,9-10,16-17H,7-8,11-12H2,(H2,23,26,27). The molecule has 2 saturated heterocycles. The Kier molecular flexibility index (Phi) is 5.07. The SMILES string of the molecule is NS(=O)(=O)c1ccc(-c2sc(N3C4CCC3COC4)nc2-c2ccc(Cl)cc2)cc1. The number of aromatic nitrogens is 1. The van der Waals surface area contributed by atoms with Gasteiger partial charge in [0.25, 0.3) is 0 Å². The van der Waals surface area contributed by atoms with Crippen LogP contribution in [0.25, 0.3) is 21.7 Å². The second-order valence-corrected chi connectivity index (χ2v) is 10.6. The third-order valence-electron chi connectivity index (χ3n) is 5.64. The molecule has 0 amide bonds. The minimum atomic E-state index is -3.74. The van der Waals surface area contributed by atoms with E-state index in [9.17, 15) is 8.42 Å². The Balaban J connectivity index is 1.61. The van der Waals surface area contributed by atoms with Crippen LogP contribution in [0.1, 0.15) is 12.8 Å². The molecular weight excluding hydrogens is 442 g/mol. The molecule has 30 heavy (non-hydrogen) atoms. The number of nitrogens with two attached hydrogens (primary N) is 1. The molecule has 9 heteroatoms. The summed E-state index contributed by atoms with van der Waals surface area (Å²) >= 11 is 7.71. The predicted octanol–water partition coefficient (Wildman–Crippen LogP) is 4.15. The summed E-state index contributed by atoms with van der Waals surface area (Å²) in [4.78, 5) is 8.50. The summed E-state index contributed by atoms with van der Waals surface area (Å²) in [5, 5.41) is 6.89. The van der Waals surface area contributed by atoms with E-state index in [1.807, 2.05) is 24.3 Å². The van der Waals surface area contributed by atoms with E-state index < -0.39 is 10.0 Å². The number of primary sulfonamides is 1. The van der Waals surface area contributed by atoms with Gasteiger partial charge in [-0.15, -0.1) is 0 Å². The fraction of sp³-hybridized carbons (Fsp3) is 0.286. The van der Waals surface area contributed by atoms with Crippen molar-refractivity contribution in [2.45, 2.75) is 29.8 Å². The molecule has 3 heterocycles. The molecule has 3 aromatic rings. The molecule has 2 aliphatic heterocycles. The van der Waals surface area contributed by atoms with Gasteiger partial charge >= 0.3 is 0 Å². The van der Waals surface area contributed by atoms with Gasteiger partial charge in [-0.1, -0.05) is 47.2 Å². The summed E-state index contributed by atoms with van der Waals surface area (Å²) in [6.45, 7) is 1.45. The van der Waals surface area contributed by atoms with Gasteiger partial charge in [-0.05, 0) is 42.7 Å². The monoisotopic (exact) mass is 461 g/mol. The summed E-state index contributed by atoms with van der Waals surface area (Å²) < 4.78 is 29.0. The second kappa shape index (κ2) is 7.62. The predicted molar refractivity (Wildman–Crippen MR) is 119 cm³/mol. The molecular formula is C21H20ClN3O3S2. The molecule has 0 radical (unpaired) electrons. The molecule has 2 bridgehead atoms. The van der Waals surface area contributed by atoms with Gasteiger partial charge in [-0.2, -0.15) is 0 Å². The van der Waals surface area contributed by atoms with E-state index in [0.29, 0.717) is 17.1 Å². The van der Waals surface area contributed by atoms with Crippen molar-refractivity contribution in [3.63, 3.8) is 0 Å². The lowest BCUT2D eigenvalue weighted by molar-refractivity contribution is 0.0906. The van der Waals surface area contributed by atoms with E-state index in [0.717, 1.165) is 52.9 Å². The average Bonchev–Trinajstić information content (AvgIpc) is 3.26. The maximum Gasteiger partial charge on any atom is 0.238 e. The van der Waals surface area contributed by atoms with Crippen molar-refractivity contribution in [2.24, 2.45) is 5.14 Å². The summed E-state index contributed by atoms with van der Waals surface area (Å²) in [5.41, 5.74) is 2.73. The molecule has 2 aromatic carbocycles. The van der Waals surface area contributed by atoms with Crippen LogP contribution in [-0.4, -0.2) is 38.7 Å². The van der Waals surface area contributed by atoms with Gasteiger partial charge in [0.05, 0.1) is 40.8 Å². The highest BCUT2D eigenvalue weighted by Gasteiger charge is 2.39. The third kappa shape index (κ3) is 3.63. The minimum absolute atomic E-state index is 0.0928. The van der Waals surface area contributed by atoms with Crippen molar-refractivity contribution in [3.05, 3.63) is 53.6 Å². The highest BCUT2D eigenvalue weighted by Crippen LogP contribution is 2.44. The molecule has 2 atom stereocenters. The number of thiazole rings is 1. The zero-order valence-corrected chi connectivity index (χ0v) is 18.4. The van der Waals surface area contributed by atoms with E-state index >= 15 is 0 Å². The van der Waals surface area contributed by atoms with Crippen LogP contribution in [0.2, 0.25) is 5.02 Å². The lowest BCUT2D eigenvalue weighted by atomic mass is 10.1. The van der Waals surface area contributed by atoms with Crippen LogP contribution in [0.4, 0.5) is 5.13 Å². The molecule has 156 valence electrons. The van der Waals surface area contributed by atoms with Gasteiger partial charge in [0, 0.05) is 10.6 Å². The molecule has 0 aliphatic carbocycles. The number of nitrogens with zero attached hydrogens (tertiary/aromatic N) is 2. The highest BCUT2D eigenvalue weighted by molar-refractivity contribution is 7.89. The van der Waals surface area contributed by atoms with Crippen LogP contribution < -0.4 is 10.0 Å². The van der Waals surface area contributed by atoms with E-state index in [2.05, 4.69) is 4.90 Å². The zero-order valence-electron chi connectivity index (χ0n) is 16.0. The van der Waals surface area contributed by atoms with Crippen LogP contribution in [0.15, 0.2) is 53.4 Å². The Bertz CT molecular complexity index is 1160. The normalized spacial score (nSPS) is 21.2. The van der Waals surface area contributed by atoms with Gasteiger partial charge in [0.2, 0.25) is 10.0 Å². The molecule has 6 nitrogen and oxygen atoms in total. The molecule has 2 fully saturated rings. The van der Waals surface area contributed by atoms with Crippen LogP contribution in [0.5, 0.6) is 0 Å². The van der Waals surface area contributed by atoms with Crippen molar-refractivity contribution in [1.82, 2.24) is 4.98 Å². The van der Waals surface area contributed by atoms with E-state index in [1.165, 1.54) is 12.1 Å². The number of halogens is 1. The van der Waals surface area contributed by atoms with Crippen LogP contribution in [0, 0.1) is 0 Å². The molecule has 2 N–H and O–H groups in total. The number of hydrogen-bond donors (Lipinski definition) is 1. The molecule has 0 saturated carbocycles. The van der Waals surface area contributed by atoms with Crippen molar-refractivity contribution in [2.75, 3.05) is 18.1 Å². The van der Waals surface area contributed by atoms with E-state index in [4.69, 9.17) is 26.5 Å². The first-order valence-electron chi connectivity index (χ1n) is 9.66. The molecule has 0 spiro atoms. The number of fused-ring (bicyclic) bond motifs is 2. The highest BCUT2D eigenvalue weighted by atomic mass is 35.5. The zero-order chi connectivity index (χ0) is 20.9. The van der Waals surface area contributed by atoms with Crippen LogP contribution >= 0.6 is 22.9 Å². The first-order valence-corrected chi connectivity index (χ1v) is 12.4. The lowest BCUT2D eigenvalue weighted by Crippen LogP contribution is -2.45. The number of morpholine rings is 1. The first kappa shape index (κ1) is 20.0. The Labute approximate surface area is 184 Å². The van der Waals surface area contributed by atoms with E-state index in [1.54, 1.807) is 23.5 Å². The van der Waals surface area contributed by atoms with Gasteiger partial charge in [-0.25, -0.2) is 18.5 Å². The number of rotatable bonds is 4. The number of benzene rings is 2. The van der Waals surface area contributed by atoms with Crippen molar-refractivity contribution < 1.29 is 13.2 Å². The minimum Gasteiger partial charge on any atom is -0.377 e. The average molecular weight is 462 g/mol. The largest absolute Gasteiger partial charge is 0.377 e. The second-order valence-electron chi connectivity index (χ2n) is 7.58. The molecule has 5 rings (SSSR count). The summed E-state index contributed by atoms with van der Waals surface area (Å²) in [6.07, 6.45) is 2.22. The summed E-state index contributed by atoms with van der Waals surface area (Å²) in [7, 11) is -3.74. The van der Waals surface area contributed by atoms with Crippen molar-refractivity contribution >= 4 is 38.1 Å². The Morgan fingerprint density at radius 3 is 2.20 bits per heavy atom. The van der Waals surface area contributed by atoms with Gasteiger partial charge in [0.1, 0.15) is 0 Å². The van der Waals surface area contributed by atoms with E-state index in [-0.39, 0.29) is 4.90 Å². The Morgan fingerprint density at radius 1 is 1.00 bits per heavy atom. The van der Waals surface area contributed by atoms with Gasteiger partial charge in [-0.3, -0.25) is 0 Å². The Morgan fingerprint density at radius 2 is 1.60 bits per heavy atom. The lowest BCUT2D eigenvalue weighted by Gasteiger charge is -2.34. The Hall–Kier alpha value is -1.97. The molecule has 2 aliphatic rings. The molecule has 2 unspecified atom stereocenters. The quantitative estimate of drug-likeness (QED) is 0.630. The summed E-state index contributed by atoms with van der Waals surface area (Å²) in [5.74, 6) is 0. The number of hydrogen-bond acceptors (Lipinski definition) is 6. The maximum atomic E-state index is 11.6. The molecule has 1 aromatic heterocycles. The van der Waals surface area contributed by atoms with Crippen molar-refractivity contribution in [3.8, 4) is 21.7 Å². The fourth-order valence-corrected chi connectivity index (χ4v) is 6.03. The smallest absolute Gasteiger partial charge is 0.238 e. The number of ether oxygens (including phenoxy) is 1. The van der Waals surface area contributed by atoms with Gasteiger partial charge in [0.15, 0.2) is 5.13 Å². The first-order chi connectivity index (χ1) is 14.4. The van der Waals surface area contributed by atoms with Gasteiger partial charge < -0.3 is 9.64 Å². The number of sulfonamides is 1.